The molecule has 4 rings (SSSR count). The van der Waals surface area contributed by atoms with Crippen LogP contribution in [0, 0.1) is 11.3 Å². The summed E-state index contributed by atoms with van der Waals surface area (Å²) in [6.45, 7) is 0.401. The van der Waals surface area contributed by atoms with Gasteiger partial charge in [-0.2, -0.15) is 5.26 Å². The highest BCUT2D eigenvalue weighted by atomic mass is 16.5. The summed E-state index contributed by atoms with van der Waals surface area (Å²) in [5, 5.41) is 13.0. The molecular weight excluding hydrogens is 386 g/mol. The lowest BCUT2D eigenvalue weighted by Crippen LogP contribution is -2.27. The van der Waals surface area contributed by atoms with Crippen LogP contribution in [0.25, 0.3) is 22.2 Å². The standard InChI is InChI=1S/C26H21N3O2/c1-31-25-23(26(30)28-16-15-18-9-5-6-12-20(18)17-27)21-13-7-8-14-22(21)29-24(25)19-10-3-2-4-11-19/h2-14H,15-16H2,1H3,(H,28,30). The number of pyridine rings is 1. The number of nitriles is 1. The molecule has 3 aromatic carbocycles. The van der Waals surface area contributed by atoms with E-state index < -0.39 is 0 Å². The maximum absolute atomic E-state index is 13.3. The van der Waals surface area contributed by atoms with Crippen LogP contribution >= 0.6 is 0 Å². The molecule has 5 nitrogen and oxygen atoms in total. The third-order valence-electron chi connectivity index (χ3n) is 5.14. The second kappa shape index (κ2) is 9.10. The van der Waals surface area contributed by atoms with Crippen LogP contribution in [0.3, 0.4) is 0 Å². The molecular formula is C26H21N3O2. The number of nitrogens with one attached hydrogen (secondary N) is 1. The molecule has 0 radical (unpaired) electrons. The number of fused-ring (bicyclic) bond motifs is 1. The number of amides is 1. The zero-order chi connectivity index (χ0) is 21.6. The fourth-order valence-corrected chi connectivity index (χ4v) is 3.66. The summed E-state index contributed by atoms with van der Waals surface area (Å²) in [6, 6.07) is 26.8. The normalized spacial score (nSPS) is 10.5. The minimum atomic E-state index is -0.234. The lowest BCUT2D eigenvalue weighted by atomic mass is 10.0. The summed E-state index contributed by atoms with van der Waals surface area (Å²) in [5.74, 6) is 0.210. The second-order valence-corrected chi connectivity index (χ2v) is 7.03. The molecule has 152 valence electrons. The monoisotopic (exact) mass is 407 g/mol. The molecule has 5 heteroatoms. The van der Waals surface area contributed by atoms with Crippen molar-refractivity contribution in [1.82, 2.24) is 10.3 Å². The van der Waals surface area contributed by atoms with Gasteiger partial charge in [-0.25, -0.2) is 4.98 Å². The summed E-state index contributed by atoms with van der Waals surface area (Å²) >= 11 is 0. The van der Waals surface area contributed by atoms with Crippen LogP contribution in [0.5, 0.6) is 5.75 Å². The van der Waals surface area contributed by atoms with E-state index in [1.807, 2.05) is 72.8 Å². The number of aromatic nitrogens is 1. The molecule has 4 aromatic rings. The van der Waals surface area contributed by atoms with Gasteiger partial charge in [-0.3, -0.25) is 4.79 Å². The third-order valence-corrected chi connectivity index (χ3v) is 5.14. The molecule has 31 heavy (non-hydrogen) atoms. The van der Waals surface area contributed by atoms with Crippen LogP contribution in [0.4, 0.5) is 0 Å². The van der Waals surface area contributed by atoms with Gasteiger partial charge in [0.05, 0.1) is 29.8 Å². The number of rotatable bonds is 6. The van der Waals surface area contributed by atoms with E-state index >= 15 is 0 Å². The van der Waals surface area contributed by atoms with E-state index in [1.165, 1.54) is 0 Å². The van der Waals surface area contributed by atoms with Crippen molar-refractivity contribution in [1.29, 1.82) is 5.26 Å². The lowest BCUT2D eigenvalue weighted by molar-refractivity contribution is 0.0953. The van der Waals surface area contributed by atoms with Crippen molar-refractivity contribution in [2.75, 3.05) is 13.7 Å². The zero-order valence-corrected chi connectivity index (χ0v) is 17.1. The molecule has 1 N–H and O–H groups in total. The molecule has 0 aliphatic rings. The summed E-state index contributed by atoms with van der Waals surface area (Å²) in [6.07, 6.45) is 0.562. The first-order valence-corrected chi connectivity index (χ1v) is 10.0. The fourth-order valence-electron chi connectivity index (χ4n) is 3.66. The fraction of sp³-hybridized carbons (Fsp3) is 0.115. The largest absolute Gasteiger partial charge is 0.494 e. The van der Waals surface area contributed by atoms with Gasteiger partial charge in [-0.05, 0) is 24.1 Å². The number of carbonyl (C=O) groups excluding carboxylic acids is 1. The van der Waals surface area contributed by atoms with Gasteiger partial charge in [0, 0.05) is 17.5 Å². The van der Waals surface area contributed by atoms with E-state index in [9.17, 15) is 10.1 Å². The summed E-state index contributed by atoms with van der Waals surface area (Å²) < 4.78 is 5.69. The number of nitrogens with zero attached hydrogens (tertiary/aromatic N) is 2. The van der Waals surface area contributed by atoms with Crippen molar-refractivity contribution in [3.8, 4) is 23.1 Å². The SMILES string of the molecule is COc1c(-c2ccccc2)nc2ccccc2c1C(=O)NCCc1ccccc1C#N. The number of para-hydroxylation sites is 1. The van der Waals surface area contributed by atoms with Gasteiger partial charge in [-0.1, -0.05) is 66.7 Å². The Morgan fingerprint density at radius 3 is 2.48 bits per heavy atom. The Morgan fingerprint density at radius 1 is 1.00 bits per heavy atom. The van der Waals surface area contributed by atoms with Crippen LogP contribution in [0.1, 0.15) is 21.5 Å². The van der Waals surface area contributed by atoms with E-state index in [0.717, 1.165) is 22.0 Å². The summed E-state index contributed by atoms with van der Waals surface area (Å²) in [4.78, 5) is 18.1. The van der Waals surface area contributed by atoms with Crippen molar-refractivity contribution in [2.45, 2.75) is 6.42 Å². The van der Waals surface area contributed by atoms with Crippen LogP contribution in [-0.4, -0.2) is 24.5 Å². The highest BCUT2D eigenvalue weighted by Crippen LogP contribution is 2.36. The summed E-state index contributed by atoms with van der Waals surface area (Å²) in [7, 11) is 1.55. The molecule has 0 fully saturated rings. The van der Waals surface area contributed by atoms with E-state index in [0.29, 0.717) is 35.5 Å². The van der Waals surface area contributed by atoms with Crippen molar-refractivity contribution < 1.29 is 9.53 Å². The topological polar surface area (TPSA) is 75.0 Å². The average Bonchev–Trinajstić information content (AvgIpc) is 2.83. The molecule has 1 heterocycles. The Bertz CT molecular complexity index is 1280. The van der Waals surface area contributed by atoms with Crippen molar-refractivity contribution in [2.24, 2.45) is 0 Å². The van der Waals surface area contributed by atoms with Gasteiger partial charge >= 0.3 is 0 Å². The Balaban J connectivity index is 1.70. The van der Waals surface area contributed by atoms with Crippen LogP contribution in [0.2, 0.25) is 0 Å². The summed E-state index contributed by atoms with van der Waals surface area (Å²) in [5.41, 5.74) is 4.21. The molecule has 1 aromatic heterocycles. The number of benzene rings is 3. The molecule has 0 aliphatic carbocycles. The first-order chi connectivity index (χ1) is 15.2. The number of hydrogen-bond acceptors (Lipinski definition) is 4. The molecule has 0 spiro atoms. The first kappa shape index (κ1) is 20.1. The van der Waals surface area contributed by atoms with Gasteiger partial charge in [0.25, 0.3) is 5.91 Å². The molecule has 0 unspecified atom stereocenters. The van der Waals surface area contributed by atoms with Crippen LogP contribution in [0.15, 0.2) is 78.9 Å². The Kier molecular flexibility index (Phi) is 5.91. The molecule has 0 atom stereocenters. The van der Waals surface area contributed by atoms with E-state index in [2.05, 4.69) is 11.4 Å². The second-order valence-electron chi connectivity index (χ2n) is 7.03. The highest BCUT2D eigenvalue weighted by Gasteiger charge is 2.22. The van der Waals surface area contributed by atoms with Gasteiger partial charge < -0.3 is 10.1 Å². The number of hydrogen-bond donors (Lipinski definition) is 1. The average molecular weight is 407 g/mol. The maximum atomic E-state index is 13.3. The third kappa shape index (κ3) is 4.10. The van der Waals surface area contributed by atoms with E-state index in [4.69, 9.17) is 9.72 Å². The number of ether oxygens (including phenoxy) is 1. The van der Waals surface area contributed by atoms with Gasteiger partial charge in [-0.15, -0.1) is 0 Å². The lowest BCUT2D eigenvalue weighted by Gasteiger charge is -2.16. The van der Waals surface area contributed by atoms with Crippen molar-refractivity contribution >= 4 is 16.8 Å². The first-order valence-electron chi connectivity index (χ1n) is 10.0. The Morgan fingerprint density at radius 2 is 1.71 bits per heavy atom. The maximum Gasteiger partial charge on any atom is 0.255 e. The Hall–Kier alpha value is -4.17. The van der Waals surface area contributed by atoms with Crippen molar-refractivity contribution in [3.05, 3.63) is 95.6 Å². The molecule has 0 bridgehead atoms. The van der Waals surface area contributed by atoms with E-state index in [-0.39, 0.29) is 5.91 Å². The molecule has 1 amide bonds. The quantitative estimate of drug-likeness (QED) is 0.500. The predicted octanol–water partition coefficient (Wildman–Crippen LogP) is 4.75. The Labute approximate surface area is 180 Å². The van der Waals surface area contributed by atoms with Crippen molar-refractivity contribution in [3.63, 3.8) is 0 Å². The number of methoxy groups -OCH3 is 1. The smallest absolute Gasteiger partial charge is 0.255 e. The van der Waals surface area contributed by atoms with Crippen LogP contribution < -0.4 is 10.1 Å². The molecule has 0 aliphatic heterocycles. The van der Waals surface area contributed by atoms with Gasteiger partial charge in [0.15, 0.2) is 5.75 Å². The molecule has 0 saturated heterocycles. The zero-order valence-electron chi connectivity index (χ0n) is 17.1. The predicted molar refractivity (Wildman–Crippen MR) is 121 cm³/mol. The highest BCUT2D eigenvalue weighted by molar-refractivity contribution is 6.10. The number of carbonyl (C=O) groups is 1. The molecule has 0 saturated carbocycles. The van der Waals surface area contributed by atoms with Crippen LogP contribution in [-0.2, 0) is 6.42 Å². The van der Waals surface area contributed by atoms with Gasteiger partial charge in [0.1, 0.15) is 5.69 Å². The van der Waals surface area contributed by atoms with E-state index in [1.54, 1.807) is 13.2 Å². The minimum Gasteiger partial charge on any atom is -0.494 e. The van der Waals surface area contributed by atoms with Gasteiger partial charge in [0.2, 0.25) is 0 Å². The minimum absolute atomic E-state index is 0.234.